The Morgan fingerprint density at radius 2 is 2.31 bits per heavy atom. The van der Waals surface area contributed by atoms with Gasteiger partial charge in [0.2, 0.25) is 11.8 Å². The maximum absolute atomic E-state index is 13.5. The number of aromatic nitrogens is 2. The third-order valence-corrected chi connectivity index (χ3v) is 4.24. The number of nitrogens with one attached hydrogen (secondary N) is 3. The molecule has 2 aromatic heterocycles. The van der Waals surface area contributed by atoms with Gasteiger partial charge in [-0.2, -0.15) is 0 Å². The van der Waals surface area contributed by atoms with Crippen molar-refractivity contribution in [3.63, 3.8) is 0 Å². The molecule has 0 radical (unpaired) electrons. The van der Waals surface area contributed by atoms with Crippen molar-refractivity contribution in [1.29, 1.82) is 5.41 Å². The lowest BCUT2D eigenvalue weighted by Gasteiger charge is -2.12. The van der Waals surface area contributed by atoms with Crippen molar-refractivity contribution in [3.8, 4) is 11.8 Å². The zero-order chi connectivity index (χ0) is 18.4. The average molecular weight is 375 g/mol. The topological polar surface area (TPSA) is 92.2 Å². The van der Waals surface area contributed by atoms with E-state index in [1.165, 1.54) is 24.2 Å². The van der Waals surface area contributed by atoms with Crippen molar-refractivity contribution in [3.05, 3.63) is 42.0 Å². The molecule has 0 fully saturated rings. The summed E-state index contributed by atoms with van der Waals surface area (Å²) in [7, 11) is 0. The van der Waals surface area contributed by atoms with Crippen LogP contribution < -0.4 is 19.5 Å². The van der Waals surface area contributed by atoms with Crippen LogP contribution in [0.2, 0.25) is 0 Å². The lowest BCUT2D eigenvalue weighted by atomic mass is 10.2. The Morgan fingerprint density at radius 1 is 1.42 bits per heavy atom. The van der Waals surface area contributed by atoms with Gasteiger partial charge in [0.25, 0.3) is 0 Å². The Kier molecular flexibility index (Phi) is 5.90. The smallest absolute Gasteiger partial charge is 0.229 e. The number of halogens is 1. The van der Waals surface area contributed by atoms with Gasteiger partial charge in [-0.25, -0.2) is 14.4 Å². The Balaban J connectivity index is 1.83. The van der Waals surface area contributed by atoms with Crippen molar-refractivity contribution in [2.75, 3.05) is 24.5 Å². The minimum atomic E-state index is -0.438. The minimum Gasteiger partial charge on any atom is -0.477 e. The minimum absolute atomic E-state index is 0.364. The number of fused-ring (bicyclic) bond motifs is 1. The number of anilines is 1. The predicted octanol–water partition coefficient (Wildman–Crippen LogP) is 3.11. The summed E-state index contributed by atoms with van der Waals surface area (Å²) in [6.45, 7) is 3.39. The van der Waals surface area contributed by atoms with Gasteiger partial charge in [0, 0.05) is 18.5 Å². The molecule has 0 atom stereocenters. The fourth-order valence-electron chi connectivity index (χ4n) is 2.32. The summed E-state index contributed by atoms with van der Waals surface area (Å²) in [5.41, 5.74) is 2.21. The van der Waals surface area contributed by atoms with Crippen molar-refractivity contribution in [1.82, 2.24) is 15.3 Å². The first kappa shape index (κ1) is 18.0. The molecule has 26 heavy (non-hydrogen) atoms. The quantitative estimate of drug-likeness (QED) is 0.528. The van der Waals surface area contributed by atoms with E-state index in [9.17, 15) is 4.39 Å². The third-order valence-electron chi connectivity index (χ3n) is 3.39. The molecule has 1 aliphatic rings. The molecular formula is C17H18FN5O2S. The van der Waals surface area contributed by atoms with E-state index in [0.717, 1.165) is 17.5 Å². The second-order valence-electron chi connectivity index (χ2n) is 5.19. The number of pyridine rings is 2. The zero-order valence-electron chi connectivity index (χ0n) is 14.1. The van der Waals surface area contributed by atoms with Gasteiger partial charge in [-0.3, -0.25) is 0 Å². The fourth-order valence-corrected chi connectivity index (χ4v) is 3.03. The van der Waals surface area contributed by atoms with Crippen molar-refractivity contribution in [2.45, 2.75) is 11.8 Å². The van der Waals surface area contributed by atoms with Crippen molar-refractivity contribution in [2.24, 2.45) is 0 Å². The molecule has 3 rings (SSSR count). The molecule has 0 unspecified atom stereocenters. The largest absolute Gasteiger partial charge is 0.477 e. The van der Waals surface area contributed by atoms with Crippen LogP contribution in [0.25, 0.3) is 5.70 Å². The van der Waals surface area contributed by atoms with E-state index in [1.807, 2.05) is 13.0 Å². The molecule has 1 aliphatic heterocycles. The molecule has 2 aromatic rings. The lowest BCUT2D eigenvalue weighted by molar-refractivity contribution is 0.315. The normalized spacial score (nSPS) is 14.6. The summed E-state index contributed by atoms with van der Waals surface area (Å²) in [6, 6.07) is 3.22. The summed E-state index contributed by atoms with van der Waals surface area (Å²) in [4.78, 5) is 8.82. The molecular weight excluding hydrogens is 357 g/mol. The Labute approximate surface area is 154 Å². The van der Waals surface area contributed by atoms with E-state index in [0.29, 0.717) is 42.1 Å². The molecule has 3 heterocycles. The molecule has 0 bridgehead atoms. The average Bonchev–Trinajstić information content (AvgIpc) is 2.84. The molecule has 136 valence electrons. The van der Waals surface area contributed by atoms with E-state index in [1.54, 1.807) is 12.3 Å². The second-order valence-corrected chi connectivity index (χ2v) is 6.04. The number of rotatable bonds is 6. The summed E-state index contributed by atoms with van der Waals surface area (Å²) in [6.07, 6.45) is 5.61. The second kappa shape index (κ2) is 8.52. The van der Waals surface area contributed by atoms with Gasteiger partial charge in [0.1, 0.15) is 12.4 Å². The van der Waals surface area contributed by atoms with Crippen LogP contribution in [0.3, 0.4) is 0 Å². The van der Waals surface area contributed by atoms with E-state index in [-0.39, 0.29) is 0 Å². The first-order valence-electron chi connectivity index (χ1n) is 8.00. The molecule has 3 N–H and O–H groups in total. The molecule has 0 amide bonds. The van der Waals surface area contributed by atoms with Gasteiger partial charge in [0.15, 0.2) is 0 Å². The number of hydrogen-bond acceptors (Lipinski definition) is 8. The van der Waals surface area contributed by atoms with Crippen LogP contribution in [-0.4, -0.2) is 35.9 Å². The van der Waals surface area contributed by atoms with E-state index in [4.69, 9.17) is 14.9 Å². The monoisotopic (exact) mass is 375 g/mol. The molecule has 9 heteroatoms. The fraction of sp³-hybridized carbons (Fsp3) is 0.235. The zero-order valence-corrected chi connectivity index (χ0v) is 14.9. The van der Waals surface area contributed by atoms with Crippen LogP contribution in [-0.2, 0) is 0 Å². The SMILES string of the molecule is CCOc1ncc(F)cc1SNc1cnc2c(c1)/C(=C/C=N)NCCO2. The number of allylic oxidation sites excluding steroid dienone is 1. The molecule has 7 nitrogen and oxygen atoms in total. The van der Waals surface area contributed by atoms with Crippen LogP contribution in [0.15, 0.2) is 35.5 Å². The van der Waals surface area contributed by atoms with Crippen LogP contribution in [0.4, 0.5) is 10.1 Å². The highest BCUT2D eigenvalue weighted by Crippen LogP contribution is 2.32. The van der Waals surface area contributed by atoms with Crippen molar-refractivity contribution < 1.29 is 13.9 Å². The first-order valence-corrected chi connectivity index (χ1v) is 8.82. The standard InChI is InChI=1S/C17H18FN5O2S/c1-2-24-17-15(7-11(18)9-21-17)26-23-12-8-13-14(3-4-19)20-5-6-25-16(13)22-10-12/h3-4,7-10,19-20,23H,2,5-6H2,1H3/b14-3-,19-4?. The highest BCUT2D eigenvalue weighted by Gasteiger charge is 2.16. The highest BCUT2D eigenvalue weighted by atomic mass is 32.2. The lowest BCUT2D eigenvalue weighted by Crippen LogP contribution is -2.15. The maximum Gasteiger partial charge on any atom is 0.229 e. The molecule has 0 saturated heterocycles. The summed E-state index contributed by atoms with van der Waals surface area (Å²) < 4.78 is 27.6. The van der Waals surface area contributed by atoms with Gasteiger partial charge in [-0.05, 0) is 37.1 Å². The maximum atomic E-state index is 13.5. The van der Waals surface area contributed by atoms with E-state index < -0.39 is 5.82 Å². The molecule has 0 aromatic carbocycles. The number of ether oxygens (including phenoxy) is 2. The van der Waals surface area contributed by atoms with E-state index in [2.05, 4.69) is 20.0 Å². The number of hydrogen-bond donors (Lipinski definition) is 3. The molecule has 0 spiro atoms. The van der Waals surface area contributed by atoms with Crippen LogP contribution >= 0.6 is 11.9 Å². The Hall–Kier alpha value is -2.81. The summed E-state index contributed by atoms with van der Waals surface area (Å²) >= 11 is 1.18. The van der Waals surface area contributed by atoms with Gasteiger partial charge in [-0.15, -0.1) is 0 Å². The van der Waals surface area contributed by atoms with Gasteiger partial charge < -0.3 is 24.9 Å². The predicted molar refractivity (Wildman–Crippen MR) is 99.3 cm³/mol. The highest BCUT2D eigenvalue weighted by molar-refractivity contribution is 8.00. The summed E-state index contributed by atoms with van der Waals surface area (Å²) in [5.74, 6) is 0.427. The van der Waals surface area contributed by atoms with Crippen LogP contribution in [0.5, 0.6) is 11.8 Å². The molecule has 0 aliphatic carbocycles. The molecule has 0 saturated carbocycles. The van der Waals surface area contributed by atoms with Gasteiger partial charge >= 0.3 is 0 Å². The van der Waals surface area contributed by atoms with Crippen LogP contribution in [0, 0.1) is 11.2 Å². The first-order chi connectivity index (χ1) is 12.7. The Morgan fingerprint density at radius 3 is 3.12 bits per heavy atom. The van der Waals surface area contributed by atoms with E-state index >= 15 is 0 Å². The van der Waals surface area contributed by atoms with Crippen molar-refractivity contribution >= 4 is 29.5 Å². The number of nitrogens with zero attached hydrogens (tertiary/aromatic N) is 2. The third kappa shape index (κ3) is 4.23. The Bertz CT molecular complexity index is 831. The van der Waals surface area contributed by atoms with Crippen LogP contribution in [0.1, 0.15) is 12.5 Å². The van der Waals surface area contributed by atoms with Gasteiger partial charge in [0.05, 0.1) is 35.1 Å². The van der Waals surface area contributed by atoms with Gasteiger partial charge in [-0.1, -0.05) is 0 Å². The summed E-state index contributed by atoms with van der Waals surface area (Å²) in [5, 5.41) is 10.5.